The average molecular weight is 356 g/mol. The fourth-order valence-electron chi connectivity index (χ4n) is 4.78. The molecule has 1 saturated carbocycles. The Bertz CT molecular complexity index is 820. The molecule has 1 aliphatic heterocycles. The van der Waals surface area contributed by atoms with Crippen LogP contribution in [0.2, 0.25) is 0 Å². The van der Waals surface area contributed by atoms with Gasteiger partial charge < -0.3 is 19.3 Å². The van der Waals surface area contributed by atoms with Crippen molar-refractivity contribution in [3.05, 3.63) is 29.5 Å². The quantitative estimate of drug-likeness (QED) is 0.912. The van der Waals surface area contributed by atoms with E-state index in [1.807, 2.05) is 17.0 Å². The van der Waals surface area contributed by atoms with Gasteiger partial charge in [0.25, 0.3) is 5.91 Å². The van der Waals surface area contributed by atoms with Crippen LogP contribution < -0.4 is 4.74 Å². The molecule has 1 atom stereocenters. The highest BCUT2D eigenvalue weighted by Gasteiger charge is 2.32. The van der Waals surface area contributed by atoms with E-state index in [2.05, 4.69) is 17.6 Å². The van der Waals surface area contributed by atoms with E-state index < -0.39 is 0 Å². The zero-order chi connectivity index (χ0) is 18.3. The number of aliphatic hydroxyl groups is 1. The van der Waals surface area contributed by atoms with Crippen LogP contribution in [-0.2, 0) is 0 Å². The summed E-state index contributed by atoms with van der Waals surface area (Å²) in [5.74, 6) is 1.08. The van der Waals surface area contributed by atoms with Crippen molar-refractivity contribution in [2.24, 2.45) is 5.92 Å². The summed E-state index contributed by atoms with van der Waals surface area (Å²) in [5.41, 5.74) is 3.01. The van der Waals surface area contributed by atoms with Crippen LogP contribution in [0.1, 0.15) is 54.2 Å². The molecule has 0 spiro atoms. The lowest BCUT2D eigenvalue weighted by Gasteiger charge is -2.18. The third-order valence-corrected chi connectivity index (χ3v) is 6.19. The van der Waals surface area contributed by atoms with Gasteiger partial charge in [-0.05, 0) is 44.4 Å². The number of likely N-dealkylation sites (tertiary alicyclic amines) is 1. The van der Waals surface area contributed by atoms with Gasteiger partial charge in [0.2, 0.25) is 0 Å². The molecule has 140 valence electrons. The first-order valence-corrected chi connectivity index (χ1v) is 9.72. The van der Waals surface area contributed by atoms with Gasteiger partial charge in [-0.1, -0.05) is 12.8 Å². The number of hydrogen-bond acceptors (Lipinski definition) is 3. The number of carbonyl (C=O) groups excluding carboxylic acids is 1. The van der Waals surface area contributed by atoms with E-state index in [1.165, 1.54) is 25.7 Å². The van der Waals surface area contributed by atoms with Gasteiger partial charge in [-0.15, -0.1) is 0 Å². The van der Waals surface area contributed by atoms with Crippen molar-refractivity contribution in [1.82, 2.24) is 9.47 Å². The van der Waals surface area contributed by atoms with Gasteiger partial charge in [0.1, 0.15) is 5.75 Å². The molecule has 4 rings (SSSR count). The summed E-state index contributed by atoms with van der Waals surface area (Å²) in [4.78, 5) is 15.3. The molecule has 0 radical (unpaired) electrons. The summed E-state index contributed by atoms with van der Waals surface area (Å²) in [6, 6.07) is 6.56. The number of benzene rings is 1. The third kappa shape index (κ3) is 2.78. The molecule has 1 aliphatic carbocycles. The zero-order valence-electron chi connectivity index (χ0n) is 15.7. The van der Waals surface area contributed by atoms with Crippen molar-refractivity contribution < 1.29 is 14.6 Å². The zero-order valence-corrected chi connectivity index (χ0v) is 15.7. The van der Waals surface area contributed by atoms with Gasteiger partial charge in [0.15, 0.2) is 0 Å². The lowest BCUT2D eigenvalue weighted by atomic mass is 10.1. The van der Waals surface area contributed by atoms with Crippen LogP contribution in [0.3, 0.4) is 0 Å². The van der Waals surface area contributed by atoms with E-state index in [0.717, 1.165) is 40.9 Å². The Hall–Kier alpha value is -2.01. The first-order valence-electron chi connectivity index (χ1n) is 9.72. The number of hydrogen-bond donors (Lipinski definition) is 1. The van der Waals surface area contributed by atoms with Crippen molar-refractivity contribution in [3.63, 3.8) is 0 Å². The van der Waals surface area contributed by atoms with Crippen LogP contribution in [0.25, 0.3) is 10.9 Å². The molecule has 26 heavy (non-hydrogen) atoms. The van der Waals surface area contributed by atoms with Gasteiger partial charge in [-0.25, -0.2) is 0 Å². The summed E-state index contributed by atoms with van der Waals surface area (Å²) in [6.07, 6.45) is 5.76. The van der Waals surface area contributed by atoms with Crippen LogP contribution in [0, 0.1) is 12.8 Å². The minimum absolute atomic E-state index is 0.0912. The largest absolute Gasteiger partial charge is 0.497 e. The normalized spacial score (nSPS) is 21.0. The number of aromatic nitrogens is 1. The van der Waals surface area contributed by atoms with Crippen molar-refractivity contribution in [3.8, 4) is 5.75 Å². The molecule has 1 aromatic carbocycles. The minimum Gasteiger partial charge on any atom is -0.497 e. The average Bonchev–Trinajstić information content (AvgIpc) is 3.38. The van der Waals surface area contributed by atoms with Crippen LogP contribution in [0.5, 0.6) is 5.75 Å². The van der Waals surface area contributed by atoms with E-state index in [1.54, 1.807) is 7.11 Å². The van der Waals surface area contributed by atoms with Gasteiger partial charge in [0.05, 0.1) is 12.7 Å². The second-order valence-electron chi connectivity index (χ2n) is 7.74. The molecule has 1 N–H and O–H groups in total. The highest BCUT2D eigenvalue weighted by molar-refractivity contribution is 6.09. The van der Waals surface area contributed by atoms with E-state index in [4.69, 9.17) is 4.74 Å². The van der Waals surface area contributed by atoms with Crippen LogP contribution in [-0.4, -0.2) is 47.3 Å². The van der Waals surface area contributed by atoms with Crippen molar-refractivity contribution in [2.75, 3.05) is 26.8 Å². The molecule has 2 aliphatic rings. The molecule has 5 nitrogen and oxygen atoms in total. The Balaban J connectivity index is 1.82. The summed E-state index contributed by atoms with van der Waals surface area (Å²) in [7, 11) is 1.66. The van der Waals surface area contributed by atoms with Gasteiger partial charge in [0, 0.05) is 48.3 Å². The van der Waals surface area contributed by atoms with Crippen LogP contribution in [0.4, 0.5) is 0 Å². The predicted octanol–water partition coefficient (Wildman–Crippen LogP) is 3.53. The molecule has 5 heteroatoms. The number of amides is 1. The SMILES string of the molecule is COc1ccc2c(c1)c(C(=O)N1CCC(CO)C1)c(C)n2C1CCCC1. The summed E-state index contributed by atoms with van der Waals surface area (Å²) in [6.45, 7) is 3.61. The molecule has 1 amide bonds. The number of methoxy groups -OCH3 is 1. The smallest absolute Gasteiger partial charge is 0.256 e. The minimum atomic E-state index is 0.0912. The molecular formula is C21H28N2O3. The van der Waals surface area contributed by atoms with E-state index in [9.17, 15) is 9.90 Å². The topological polar surface area (TPSA) is 54.7 Å². The molecule has 0 bridgehead atoms. The molecule has 1 aromatic heterocycles. The Morgan fingerprint density at radius 1 is 1.27 bits per heavy atom. The molecule has 2 aromatic rings. The molecule has 2 heterocycles. The maximum atomic E-state index is 13.4. The summed E-state index contributed by atoms with van der Waals surface area (Å²) < 4.78 is 7.81. The van der Waals surface area contributed by atoms with Crippen molar-refractivity contribution >= 4 is 16.8 Å². The fraction of sp³-hybridized carbons (Fsp3) is 0.571. The summed E-state index contributed by atoms with van der Waals surface area (Å²) in [5, 5.41) is 10.4. The molecule has 1 unspecified atom stereocenters. The van der Waals surface area contributed by atoms with Crippen molar-refractivity contribution in [2.45, 2.75) is 45.1 Å². The predicted molar refractivity (Wildman–Crippen MR) is 102 cm³/mol. The standard InChI is InChI=1S/C21H28N2O3/c1-14-20(21(25)22-10-9-15(12-22)13-24)18-11-17(26-2)7-8-19(18)23(14)16-5-3-4-6-16/h7-8,11,15-16,24H,3-6,9-10,12-13H2,1-2H3. The van der Waals surface area contributed by atoms with Gasteiger partial charge in [-0.2, -0.15) is 0 Å². The van der Waals surface area contributed by atoms with E-state index in [-0.39, 0.29) is 18.4 Å². The number of aliphatic hydroxyl groups excluding tert-OH is 1. The maximum absolute atomic E-state index is 13.4. The summed E-state index contributed by atoms with van der Waals surface area (Å²) >= 11 is 0. The number of rotatable bonds is 4. The fourth-order valence-corrected chi connectivity index (χ4v) is 4.78. The van der Waals surface area contributed by atoms with E-state index in [0.29, 0.717) is 12.6 Å². The Morgan fingerprint density at radius 2 is 2.04 bits per heavy atom. The Labute approximate surface area is 154 Å². The van der Waals surface area contributed by atoms with Crippen LogP contribution in [0.15, 0.2) is 18.2 Å². The maximum Gasteiger partial charge on any atom is 0.256 e. The van der Waals surface area contributed by atoms with Crippen molar-refractivity contribution in [1.29, 1.82) is 0 Å². The van der Waals surface area contributed by atoms with Crippen LogP contribution >= 0.6 is 0 Å². The van der Waals surface area contributed by atoms with Gasteiger partial charge in [-0.3, -0.25) is 4.79 Å². The molecule has 2 fully saturated rings. The monoisotopic (exact) mass is 356 g/mol. The van der Waals surface area contributed by atoms with E-state index >= 15 is 0 Å². The second-order valence-corrected chi connectivity index (χ2v) is 7.74. The highest BCUT2D eigenvalue weighted by Crippen LogP contribution is 2.38. The molecular weight excluding hydrogens is 328 g/mol. The number of carbonyl (C=O) groups is 1. The lowest BCUT2D eigenvalue weighted by Crippen LogP contribution is -2.29. The second kappa shape index (κ2) is 6.95. The number of fused-ring (bicyclic) bond motifs is 1. The first-order chi connectivity index (χ1) is 12.6. The number of nitrogens with zero attached hydrogens (tertiary/aromatic N) is 2. The Kier molecular flexibility index (Phi) is 4.65. The first kappa shape index (κ1) is 17.4. The molecule has 1 saturated heterocycles. The third-order valence-electron chi connectivity index (χ3n) is 6.19. The highest BCUT2D eigenvalue weighted by atomic mass is 16.5. The number of ether oxygens (including phenoxy) is 1. The van der Waals surface area contributed by atoms with Gasteiger partial charge >= 0.3 is 0 Å². The Morgan fingerprint density at radius 3 is 2.69 bits per heavy atom. The lowest BCUT2D eigenvalue weighted by molar-refractivity contribution is 0.0782.